The Bertz CT molecular complexity index is 1520. The molecule has 4 aromatic rings. The molecule has 0 aliphatic carbocycles. The maximum Gasteiger partial charge on any atom is 0.413 e. The lowest BCUT2D eigenvalue weighted by molar-refractivity contribution is 0.0623. The Labute approximate surface area is 245 Å². The van der Waals surface area contributed by atoms with Gasteiger partial charge in [-0.15, -0.1) is 0 Å². The van der Waals surface area contributed by atoms with Crippen molar-refractivity contribution in [3.8, 4) is 11.1 Å². The maximum atomic E-state index is 12.0. The van der Waals surface area contributed by atoms with Crippen LogP contribution in [0.2, 0.25) is 5.15 Å². The van der Waals surface area contributed by atoms with Crippen molar-refractivity contribution in [2.75, 3.05) is 10.6 Å². The Hall–Kier alpha value is -3.71. The van der Waals surface area contributed by atoms with Gasteiger partial charge < -0.3 is 9.47 Å². The van der Waals surface area contributed by atoms with Crippen molar-refractivity contribution in [2.45, 2.75) is 52.7 Å². The highest BCUT2D eigenvalue weighted by Gasteiger charge is 2.20. The summed E-state index contributed by atoms with van der Waals surface area (Å²) in [6.45, 7) is 10.8. The van der Waals surface area contributed by atoms with E-state index in [9.17, 15) is 9.59 Å². The zero-order chi connectivity index (χ0) is 29.8. The predicted octanol–water partition coefficient (Wildman–Crippen LogP) is 6.56. The van der Waals surface area contributed by atoms with E-state index in [0.29, 0.717) is 27.9 Å². The average Bonchev–Trinajstić information content (AvgIpc) is 3.30. The van der Waals surface area contributed by atoms with Gasteiger partial charge in [0.15, 0.2) is 11.6 Å². The summed E-state index contributed by atoms with van der Waals surface area (Å²) >= 11 is 9.23. The molecule has 0 saturated heterocycles. The quantitative estimate of drug-likeness (QED) is 0.241. The molecule has 0 aromatic carbocycles. The molecule has 4 rings (SSSR count). The third-order valence-corrected chi connectivity index (χ3v) is 5.46. The molecule has 2 amide bonds. The zero-order valence-corrected chi connectivity index (χ0v) is 25.9. The van der Waals surface area contributed by atoms with E-state index in [4.69, 9.17) is 21.1 Å². The molecule has 0 spiro atoms. The van der Waals surface area contributed by atoms with Gasteiger partial charge in [0.25, 0.3) is 0 Å². The largest absolute Gasteiger partial charge is 0.444 e. The second-order valence-electron chi connectivity index (χ2n) is 10.7. The number of aromatic nitrogens is 6. The first-order chi connectivity index (χ1) is 18.5. The van der Waals surface area contributed by atoms with E-state index in [-0.39, 0.29) is 0 Å². The number of anilines is 2. The van der Waals surface area contributed by atoms with E-state index in [1.54, 1.807) is 95.7 Å². The van der Waals surface area contributed by atoms with Crippen molar-refractivity contribution < 1.29 is 19.1 Å². The number of nitrogens with zero attached hydrogens (tertiary/aromatic N) is 6. The van der Waals surface area contributed by atoms with E-state index < -0.39 is 23.4 Å². The molecule has 0 unspecified atom stereocenters. The van der Waals surface area contributed by atoms with E-state index in [2.05, 4.69) is 46.7 Å². The summed E-state index contributed by atoms with van der Waals surface area (Å²) < 4.78 is 14.3. The molecule has 2 N–H and O–H groups in total. The van der Waals surface area contributed by atoms with Gasteiger partial charge in [0.2, 0.25) is 0 Å². The molecule has 40 heavy (non-hydrogen) atoms. The molecular weight excluding hydrogens is 604 g/mol. The van der Waals surface area contributed by atoms with Crippen LogP contribution in [-0.2, 0) is 23.6 Å². The molecule has 4 heterocycles. The molecule has 4 aromatic heterocycles. The first-order valence-corrected chi connectivity index (χ1v) is 13.3. The molecule has 0 fully saturated rings. The van der Waals surface area contributed by atoms with Gasteiger partial charge in [-0.05, 0) is 75.7 Å². The Morgan fingerprint density at radius 3 is 1.98 bits per heavy atom. The second-order valence-corrected chi connectivity index (χ2v) is 12.0. The standard InChI is InChI=1S/C17H18ClN5O2.C9H14BrN3O2/c1-17(2,3)25-16(24)21-15-11(9-23(4)22-15)10-7-13-12(19-8-10)5-6-14(18)20-13;1-9(2,3)15-8(14)11-7-6(10)5-13(4)12-7/h5-9H,1-4H3,(H,21,22,24);5H,1-4H3,(H,11,12,14). The SMILES string of the molecule is Cn1cc(-c2cnc3ccc(Cl)nc3c2)c(NC(=O)OC(C)(C)C)n1.Cn1cc(Br)c(NC(=O)OC(C)(C)C)n1. The molecule has 0 aliphatic heterocycles. The molecule has 0 saturated carbocycles. The van der Waals surface area contributed by atoms with Crippen LogP contribution in [0.4, 0.5) is 21.2 Å². The first-order valence-electron chi connectivity index (χ1n) is 12.1. The normalized spacial score (nSPS) is 11.4. The summed E-state index contributed by atoms with van der Waals surface area (Å²) in [5.74, 6) is 0.840. The number of aryl methyl sites for hydroxylation is 2. The van der Waals surface area contributed by atoms with Crippen molar-refractivity contribution >= 4 is 62.4 Å². The minimum Gasteiger partial charge on any atom is -0.444 e. The van der Waals surface area contributed by atoms with Crippen molar-refractivity contribution in [3.05, 3.63) is 46.4 Å². The number of rotatable bonds is 3. The lowest BCUT2D eigenvalue weighted by Crippen LogP contribution is -2.27. The van der Waals surface area contributed by atoms with Crippen LogP contribution >= 0.6 is 27.5 Å². The van der Waals surface area contributed by atoms with Gasteiger partial charge in [0.1, 0.15) is 16.4 Å². The fourth-order valence-electron chi connectivity index (χ4n) is 3.27. The Morgan fingerprint density at radius 2 is 1.43 bits per heavy atom. The number of amides is 2. The number of halogens is 2. The number of fused-ring (bicyclic) bond motifs is 1. The Balaban J connectivity index is 0.000000252. The van der Waals surface area contributed by atoms with Crippen LogP contribution < -0.4 is 10.6 Å². The maximum absolute atomic E-state index is 12.0. The number of nitrogens with one attached hydrogen (secondary N) is 2. The van der Waals surface area contributed by atoms with Gasteiger partial charge >= 0.3 is 12.2 Å². The zero-order valence-electron chi connectivity index (χ0n) is 23.5. The number of pyridine rings is 2. The number of carbonyl (C=O) groups excluding carboxylic acids is 2. The molecule has 0 aliphatic rings. The van der Waals surface area contributed by atoms with Crippen molar-refractivity contribution in [3.63, 3.8) is 0 Å². The van der Waals surface area contributed by atoms with Gasteiger partial charge in [-0.1, -0.05) is 11.6 Å². The third kappa shape index (κ3) is 9.19. The summed E-state index contributed by atoms with van der Waals surface area (Å²) in [5, 5.41) is 13.9. The summed E-state index contributed by atoms with van der Waals surface area (Å²) in [6, 6.07) is 5.35. The highest BCUT2D eigenvalue weighted by atomic mass is 79.9. The Kier molecular flexibility index (Phi) is 9.41. The lowest BCUT2D eigenvalue weighted by Gasteiger charge is -2.19. The monoisotopic (exact) mass is 634 g/mol. The molecule has 0 bridgehead atoms. The topological polar surface area (TPSA) is 138 Å². The highest BCUT2D eigenvalue weighted by molar-refractivity contribution is 9.10. The van der Waals surface area contributed by atoms with Crippen LogP contribution in [0.5, 0.6) is 0 Å². The van der Waals surface area contributed by atoms with E-state index in [1.165, 1.54) is 0 Å². The molecular formula is C26H32BrClN8O4. The number of ether oxygens (including phenoxy) is 2. The van der Waals surface area contributed by atoms with Gasteiger partial charge in [0.05, 0.1) is 15.5 Å². The van der Waals surface area contributed by atoms with Gasteiger partial charge in [-0.25, -0.2) is 14.6 Å². The lowest BCUT2D eigenvalue weighted by atomic mass is 10.1. The van der Waals surface area contributed by atoms with Gasteiger partial charge in [-0.2, -0.15) is 10.2 Å². The Morgan fingerprint density at radius 1 is 0.875 bits per heavy atom. The summed E-state index contributed by atoms with van der Waals surface area (Å²) in [5.41, 5.74) is 1.77. The van der Waals surface area contributed by atoms with Gasteiger partial charge in [-0.3, -0.25) is 25.0 Å². The van der Waals surface area contributed by atoms with Crippen LogP contribution in [0.25, 0.3) is 22.2 Å². The fraction of sp³-hybridized carbons (Fsp3) is 0.385. The number of hydrogen-bond acceptors (Lipinski definition) is 8. The number of hydrogen-bond donors (Lipinski definition) is 2. The molecule has 0 radical (unpaired) electrons. The third-order valence-electron chi connectivity index (χ3n) is 4.67. The molecule has 214 valence electrons. The van der Waals surface area contributed by atoms with Crippen molar-refractivity contribution in [2.24, 2.45) is 14.1 Å². The fourth-order valence-corrected chi connectivity index (χ4v) is 3.89. The molecule has 14 heteroatoms. The first kappa shape index (κ1) is 30.8. The van der Waals surface area contributed by atoms with Crippen LogP contribution in [0.1, 0.15) is 41.5 Å². The van der Waals surface area contributed by atoms with E-state index >= 15 is 0 Å². The van der Waals surface area contributed by atoms with Crippen LogP contribution in [0, 0.1) is 0 Å². The van der Waals surface area contributed by atoms with Gasteiger partial charge in [0, 0.05) is 43.8 Å². The minimum atomic E-state index is -0.593. The molecule has 0 atom stereocenters. The highest BCUT2D eigenvalue weighted by Crippen LogP contribution is 2.29. The smallest absolute Gasteiger partial charge is 0.413 e. The van der Waals surface area contributed by atoms with Crippen LogP contribution in [0.15, 0.2) is 41.3 Å². The summed E-state index contributed by atoms with van der Waals surface area (Å²) in [7, 11) is 3.54. The second kappa shape index (κ2) is 12.2. The minimum absolute atomic E-state index is 0.389. The van der Waals surface area contributed by atoms with E-state index in [1.807, 2.05) is 6.07 Å². The number of carbonyl (C=O) groups is 2. The van der Waals surface area contributed by atoms with Crippen molar-refractivity contribution in [1.82, 2.24) is 29.5 Å². The molecule has 12 nitrogen and oxygen atoms in total. The van der Waals surface area contributed by atoms with Crippen LogP contribution in [0.3, 0.4) is 0 Å². The van der Waals surface area contributed by atoms with Crippen LogP contribution in [-0.4, -0.2) is 52.9 Å². The van der Waals surface area contributed by atoms with E-state index in [0.717, 1.165) is 15.6 Å². The summed E-state index contributed by atoms with van der Waals surface area (Å²) in [4.78, 5) is 32.1. The predicted molar refractivity (Wildman–Crippen MR) is 157 cm³/mol. The summed E-state index contributed by atoms with van der Waals surface area (Å²) in [6.07, 6.45) is 4.16. The average molecular weight is 636 g/mol. The van der Waals surface area contributed by atoms with Crippen molar-refractivity contribution in [1.29, 1.82) is 0 Å².